The molecular weight excluding hydrogens is 376 g/mol. The van der Waals surface area contributed by atoms with Crippen molar-refractivity contribution >= 4 is 17.7 Å². The summed E-state index contributed by atoms with van der Waals surface area (Å²) in [5, 5.41) is 0. The number of hydrogen-bond donors (Lipinski definition) is 0. The summed E-state index contributed by atoms with van der Waals surface area (Å²) in [6, 6.07) is 14.3. The van der Waals surface area contributed by atoms with E-state index in [2.05, 4.69) is 29.2 Å². The highest BCUT2D eigenvalue weighted by atomic mass is 16.6. The van der Waals surface area contributed by atoms with Gasteiger partial charge in [0.05, 0.1) is 0 Å². The van der Waals surface area contributed by atoms with Crippen LogP contribution in [-0.2, 0) is 11.3 Å². The van der Waals surface area contributed by atoms with Gasteiger partial charge in [-0.05, 0) is 54.3 Å². The summed E-state index contributed by atoms with van der Waals surface area (Å²) in [5.41, 5.74) is 3.33. The van der Waals surface area contributed by atoms with E-state index >= 15 is 0 Å². The van der Waals surface area contributed by atoms with Gasteiger partial charge in [-0.1, -0.05) is 31.0 Å². The summed E-state index contributed by atoms with van der Waals surface area (Å²) in [7, 11) is 1.81. The molecule has 0 N–H and O–H groups in total. The molecule has 1 amide bonds. The molecule has 0 bridgehead atoms. The fraction of sp³-hybridized carbons (Fsp3) is 0.400. The number of fused-ring (bicyclic) bond motifs is 1. The number of benzene rings is 2. The van der Waals surface area contributed by atoms with E-state index in [1.54, 1.807) is 11.0 Å². The van der Waals surface area contributed by atoms with Gasteiger partial charge in [-0.15, -0.1) is 0 Å². The molecule has 0 radical (unpaired) electrons. The molecular formula is C25H30N2O3. The Bertz CT molecular complexity index is 884. The maximum atomic E-state index is 12.5. The Morgan fingerprint density at radius 1 is 0.967 bits per heavy atom. The van der Waals surface area contributed by atoms with Crippen LogP contribution in [0.2, 0.25) is 0 Å². The zero-order valence-electron chi connectivity index (χ0n) is 17.7. The lowest BCUT2D eigenvalue weighted by molar-refractivity contribution is -0.125. The summed E-state index contributed by atoms with van der Waals surface area (Å²) < 4.78 is 11.2. The summed E-state index contributed by atoms with van der Waals surface area (Å²) in [5.74, 6) is 1.49. The summed E-state index contributed by atoms with van der Waals surface area (Å²) in [4.78, 5) is 16.7. The Labute approximate surface area is 178 Å². The van der Waals surface area contributed by atoms with Gasteiger partial charge in [-0.3, -0.25) is 4.79 Å². The van der Waals surface area contributed by atoms with Crippen LogP contribution in [0.25, 0.3) is 6.08 Å². The molecule has 0 unspecified atom stereocenters. The minimum Gasteiger partial charge on any atom is -0.486 e. The van der Waals surface area contributed by atoms with Crippen molar-refractivity contribution in [2.45, 2.75) is 32.2 Å². The molecule has 0 atom stereocenters. The van der Waals surface area contributed by atoms with Crippen molar-refractivity contribution < 1.29 is 14.3 Å². The van der Waals surface area contributed by atoms with Crippen molar-refractivity contribution in [3.63, 3.8) is 0 Å². The van der Waals surface area contributed by atoms with Crippen molar-refractivity contribution in [3.8, 4) is 11.5 Å². The topological polar surface area (TPSA) is 42.0 Å². The Balaban J connectivity index is 1.33. The first kappa shape index (κ1) is 20.3. The van der Waals surface area contributed by atoms with Crippen LogP contribution in [0.1, 0.15) is 36.8 Å². The first-order valence-electron chi connectivity index (χ1n) is 10.9. The number of likely N-dealkylation sites (N-methyl/N-ethyl adjacent to an activating group) is 1. The largest absolute Gasteiger partial charge is 0.486 e. The summed E-state index contributed by atoms with van der Waals surface area (Å²) in [6.45, 7) is 3.93. The number of hydrogen-bond acceptors (Lipinski definition) is 4. The molecule has 2 heterocycles. The maximum absolute atomic E-state index is 12.5. The average Bonchev–Trinajstić information content (AvgIpc) is 3.07. The van der Waals surface area contributed by atoms with Gasteiger partial charge in [0, 0.05) is 38.4 Å². The first-order valence-corrected chi connectivity index (χ1v) is 10.9. The van der Waals surface area contributed by atoms with Crippen LogP contribution >= 0.6 is 0 Å². The van der Waals surface area contributed by atoms with Crippen LogP contribution in [0.15, 0.2) is 48.5 Å². The van der Waals surface area contributed by atoms with Gasteiger partial charge >= 0.3 is 0 Å². The SMILES string of the molecule is CN(Cc1ccc2c(c1)OCCO2)C(=O)/C=C/c1ccc(N2CCCCCC2)cc1. The van der Waals surface area contributed by atoms with Gasteiger partial charge in [-0.2, -0.15) is 0 Å². The number of amides is 1. The Hall–Kier alpha value is -2.95. The lowest BCUT2D eigenvalue weighted by Gasteiger charge is -2.22. The third kappa shape index (κ3) is 5.15. The van der Waals surface area contributed by atoms with Gasteiger partial charge in [0.15, 0.2) is 11.5 Å². The van der Waals surface area contributed by atoms with E-state index in [9.17, 15) is 4.79 Å². The molecule has 4 rings (SSSR count). The van der Waals surface area contributed by atoms with Crippen LogP contribution in [0, 0.1) is 0 Å². The van der Waals surface area contributed by atoms with Crippen molar-refractivity contribution in [2.24, 2.45) is 0 Å². The van der Waals surface area contributed by atoms with Gasteiger partial charge in [0.25, 0.3) is 0 Å². The molecule has 0 spiro atoms. The zero-order chi connectivity index (χ0) is 20.8. The number of ether oxygens (including phenoxy) is 2. The second-order valence-electron chi connectivity index (χ2n) is 8.00. The van der Waals surface area contributed by atoms with Crippen LogP contribution < -0.4 is 14.4 Å². The predicted molar refractivity (Wildman–Crippen MR) is 120 cm³/mol. The fourth-order valence-corrected chi connectivity index (χ4v) is 3.96. The first-order chi connectivity index (χ1) is 14.7. The van der Waals surface area contributed by atoms with Gasteiger partial charge < -0.3 is 19.3 Å². The number of nitrogens with zero attached hydrogens (tertiary/aromatic N) is 2. The van der Waals surface area contributed by atoms with Crippen LogP contribution in [0.4, 0.5) is 5.69 Å². The highest BCUT2D eigenvalue weighted by Gasteiger charge is 2.14. The lowest BCUT2D eigenvalue weighted by Crippen LogP contribution is -2.24. The molecule has 2 aromatic rings. The molecule has 2 aliphatic rings. The van der Waals surface area contributed by atoms with E-state index in [1.165, 1.54) is 31.4 Å². The van der Waals surface area contributed by atoms with Crippen molar-refractivity contribution in [1.29, 1.82) is 0 Å². The molecule has 5 heteroatoms. The predicted octanol–water partition coefficient (Wildman–Crippen LogP) is 4.51. The zero-order valence-corrected chi connectivity index (χ0v) is 17.7. The monoisotopic (exact) mass is 406 g/mol. The Morgan fingerprint density at radius 3 is 2.40 bits per heavy atom. The summed E-state index contributed by atoms with van der Waals surface area (Å²) >= 11 is 0. The third-order valence-electron chi connectivity index (χ3n) is 5.69. The third-order valence-corrected chi connectivity index (χ3v) is 5.69. The van der Waals surface area contributed by atoms with Gasteiger partial charge in [0.2, 0.25) is 5.91 Å². The minimum atomic E-state index is -0.0264. The van der Waals surface area contributed by atoms with Crippen molar-refractivity contribution in [3.05, 3.63) is 59.7 Å². The maximum Gasteiger partial charge on any atom is 0.246 e. The van der Waals surface area contributed by atoms with Gasteiger partial charge in [-0.25, -0.2) is 0 Å². The Morgan fingerprint density at radius 2 is 1.67 bits per heavy atom. The molecule has 0 aliphatic carbocycles. The van der Waals surface area contributed by atoms with E-state index < -0.39 is 0 Å². The van der Waals surface area contributed by atoms with E-state index in [1.807, 2.05) is 31.3 Å². The average molecular weight is 407 g/mol. The number of anilines is 1. The molecule has 5 nitrogen and oxygen atoms in total. The highest BCUT2D eigenvalue weighted by Crippen LogP contribution is 2.31. The van der Waals surface area contributed by atoms with Crippen LogP contribution in [0.3, 0.4) is 0 Å². The van der Waals surface area contributed by atoms with Crippen molar-refractivity contribution in [1.82, 2.24) is 4.90 Å². The van der Waals surface area contributed by atoms with Crippen LogP contribution in [0.5, 0.6) is 11.5 Å². The van der Waals surface area contributed by atoms with Crippen molar-refractivity contribution in [2.75, 3.05) is 38.3 Å². The molecule has 30 heavy (non-hydrogen) atoms. The lowest BCUT2D eigenvalue weighted by atomic mass is 10.1. The highest BCUT2D eigenvalue weighted by molar-refractivity contribution is 5.91. The molecule has 1 saturated heterocycles. The molecule has 2 aromatic carbocycles. The van der Waals surface area contributed by atoms with E-state index in [4.69, 9.17) is 9.47 Å². The number of carbonyl (C=O) groups excluding carboxylic acids is 1. The number of rotatable bonds is 5. The molecule has 2 aliphatic heterocycles. The van der Waals surface area contributed by atoms with E-state index in [0.717, 1.165) is 35.7 Å². The van der Waals surface area contributed by atoms with Crippen LogP contribution in [-0.4, -0.2) is 44.2 Å². The second kappa shape index (κ2) is 9.70. The normalized spacial score (nSPS) is 16.4. The van der Waals surface area contributed by atoms with Gasteiger partial charge in [0.1, 0.15) is 13.2 Å². The fourth-order valence-electron chi connectivity index (χ4n) is 3.96. The minimum absolute atomic E-state index is 0.0264. The van der Waals surface area contributed by atoms with E-state index in [0.29, 0.717) is 19.8 Å². The Kier molecular flexibility index (Phi) is 6.57. The van der Waals surface area contributed by atoms with E-state index in [-0.39, 0.29) is 5.91 Å². The standard InChI is InChI=1S/C25H30N2O3/c1-26(19-21-8-12-23-24(18-21)30-17-16-29-23)25(28)13-9-20-6-10-22(11-7-20)27-14-4-2-3-5-15-27/h6-13,18H,2-5,14-17,19H2,1H3/b13-9+. The number of carbonyl (C=O) groups is 1. The molecule has 0 saturated carbocycles. The smallest absolute Gasteiger partial charge is 0.246 e. The summed E-state index contributed by atoms with van der Waals surface area (Å²) in [6.07, 6.45) is 8.73. The molecule has 158 valence electrons. The molecule has 1 fully saturated rings. The second-order valence-corrected chi connectivity index (χ2v) is 8.00. The quantitative estimate of drug-likeness (QED) is 0.685. The molecule has 0 aromatic heterocycles.